The topological polar surface area (TPSA) is 83.6 Å². The van der Waals surface area contributed by atoms with E-state index in [-0.39, 0.29) is 23.4 Å². The van der Waals surface area contributed by atoms with Crippen LogP contribution in [0.25, 0.3) is 0 Å². The number of halogens is 4. The second kappa shape index (κ2) is 9.56. The van der Waals surface area contributed by atoms with Crippen molar-refractivity contribution in [2.24, 2.45) is 0 Å². The Morgan fingerprint density at radius 1 is 1.21 bits per heavy atom. The molecule has 0 saturated carbocycles. The fourth-order valence-corrected chi connectivity index (χ4v) is 4.32. The summed E-state index contributed by atoms with van der Waals surface area (Å²) in [5.41, 5.74) is -0.764. The fraction of sp³-hybridized carbons (Fsp3) is 0.273. The third-order valence-corrected chi connectivity index (χ3v) is 6.12. The molecule has 33 heavy (non-hydrogen) atoms. The number of hydrogen-bond acceptors (Lipinski definition) is 4. The van der Waals surface area contributed by atoms with Gasteiger partial charge in [-0.05, 0) is 31.0 Å². The van der Waals surface area contributed by atoms with Crippen molar-refractivity contribution in [2.45, 2.75) is 31.8 Å². The molecule has 1 saturated heterocycles. The smallest absolute Gasteiger partial charge is 0.254 e. The minimum Gasteiger partial charge on any atom is -0.346 e. The van der Waals surface area contributed by atoms with Crippen LogP contribution in [-0.2, 0) is 14.6 Å². The van der Waals surface area contributed by atoms with Gasteiger partial charge in [0.05, 0.1) is 22.3 Å². The lowest BCUT2D eigenvalue weighted by Gasteiger charge is -2.27. The molecule has 0 unspecified atom stereocenters. The number of nitrogens with zero attached hydrogens (tertiary/aromatic N) is 1. The molecule has 1 N–H and O–H groups in total. The van der Waals surface area contributed by atoms with Crippen LogP contribution in [0, 0.1) is 17.5 Å². The lowest BCUT2D eigenvalue weighted by Crippen LogP contribution is -2.32. The zero-order chi connectivity index (χ0) is 24.5. The van der Waals surface area contributed by atoms with E-state index < -0.39 is 62.4 Å². The zero-order valence-corrected chi connectivity index (χ0v) is 19.2. The maximum Gasteiger partial charge on any atom is 0.254 e. The molecule has 2 amide bonds. The summed E-state index contributed by atoms with van der Waals surface area (Å²) in [5.74, 6) is -4.30. The molecule has 0 spiro atoms. The highest BCUT2D eigenvalue weighted by atomic mass is 35.5. The number of benzene rings is 2. The molecule has 2 aromatic carbocycles. The summed E-state index contributed by atoms with van der Waals surface area (Å²) in [4.78, 5) is 25.9. The number of hydrogen-bond donors (Lipinski definition) is 1. The Kier molecular flexibility index (Phi) is 7.18. The van der Waals surface area contributed by atoms with Gasteiger partial charge >= 0.3 is 0 Å². The van der Waals surface area contributed by atoms with Crippen molar-refractivity contribution in [3.63, 3.8) is 0 Å². The van der Waals surface area contributed by atoms with Crippen LogP contribution in [-0.4, -0.2) is 32.5 Å². The zero-order valence-electron chi connectivity index (χ0n) is 17.6. The monoisotopic (exact) mass is 500 g/mol. The standard InChI is InChI=1S/C22H20ClF3N2O4S/c1-12(8-9-33(2,31)32)27-22(30)14-10-17(26)19(11-16(14)25)28-18(6-7-20(28)29)13-4-3-5-15(24)21(13)23/h3-5,8-12,18H,6-7H2,1-2H3,(H,27,30)/b9-8+/t12-,18+/m1/s1. The quantitative estimate of drug-likeness (QED) is 0.641. The third-order valence-electron chi connectivity index (χ3n) is 5.07. The number of carbonyl (C=O) groups excluding carboxylic acids is 2. The van der Waals surface area contributed by atoms with Gasteiger partial charge in [0.1, 0.15) is 17.5 Å². The number of carbonyl (C=O) groups is 2. The van der Waals surface area contributed by atoms with E-state index >= 15 is 0 Å². The average Bonchev–Trinajstić information content (AvgIpc) is 3.10. The van der Waals surface area contributed by atoms with Gasteiger partial charge in [0.2, 0.25) is 5.91 Å². The summed E-state index contributed by atoms with van der Waals surface area (Å²) in [6.07, 6.45) is 2.39. The Hall–Kier alpha value is -2.85. The first-order valence-corrected chi connectivity index (χ1v) is 12.2. The summed E-state index contributed by atoms with van der Waals surface area (Å²) in [6, 6.07) is 3.84. The molecule has 0 radical (unpaired) electrons. The first-order chi connectivity index (χ1) is 15.4. The van der Waals surface area contributed by atoms with Crippen LogP contribution in [0.5, 0.6) is 0 Å². The van der Waals surface area contributed by atoms with Gasteiger partial charge in [-0.2, -0.15) is 0 Å². The van der Waals surface area contributed by atoms with Gasteiger partial charge in [0.25, 0.3) is 5.91 Å². The number of nitrogens with one attached hydrogen (secondary N) is 1. The van der Waals surface area contributed by atoms with Gasteiger partial charge in [-0.1, -0.05) is 29.8 Å². The molecular weight excluding hydrogens is 481 g/mol. The molecule has 2 aromatic rings. The number of sulfone groups is 1. The van der Waals surface area contributed by atoms with Gasteiger partial charge in [-0.25, -0.2) is 21.6 Å². The van der Waals surface area contributed by atoms with E-state index in [9.17, 15) is 31.2 Å². The Balaban J connectivity index is 1.91. The lowest BCUT2D eigenvalue weighted by molar-refractivity contribution is -0.117. The minimum atomic E-state index is -3.43. The molecule has 1 aliphatic heterocycles. The van der Waals surface area contributed by atoms with Crippen molar-refractivity contribution in [3.05, 3.63) is 75.4 Å². The summed E-state index contributed by atoms with van der Waals surface area (Å²) >= 11 is 6.04. The van der Waals surface area contributed by atoms with Crippen LogP contribution >= 0.6 is 11.6 Å². The van der Waals surface area contributed by atoms with Crippen molar-refractivity contribution in [2.75, 3.05) is 11.2 Å². The first kappa shape index (κ1) is 24.8. The van der Waals surface area contributed by atoms with E-state index in [4.69, 9.17) is 11.6 Å². The van der Waals surface area contributed by atoms with Crippen molar-refractivity contribution >= 4 is 38.9 Å². The Bertz CT molecular complexity index is 1250. The average molecular weight is 501 g/mol. The molecule has 2 atom stereocenters. The van der Waals surface area contributed by atoms with E-state index in [0.29, 0.717) is 6.07 Å². The second-order valence-corrected chi connectivity index (χ2v) is 9.97. The van der Waals surface area contributed by atoms with Gasteiger partial charge in [-0.3, -0.25) is 9.59 Å². The minimum absolute atomic E-state index is 0.0188. The second-order valence-electron chi connectivity index (χ2n) is 7.66. The van der Waals surface area contributed by atoms with E-state index in [0.717, 1.165) is 28.7 Å². The van der Waals surface area contributed by atoms with Crippen molar-refractivity contribution in [1.82, 2.24) is 5.32 Å². The van der Waals surface area contributed by atoms with Crippen LogP contribution in [0.1, 0.15) is 41.7 Å². The van der Waals surface area contributed by atoms with Crippen LogP contribution < -0.4 is 10.2 Å². The molecule has 3 rings (SSSR count). The van der Waals surface area contributed by atoms with E-state index in [1.807, 2.05) is 0 Å². The highest BCUT2D eigenvalue weighted by Crippen LogP contribution is 2.41. The van der Waals surface area contributed by atoms with Gasteiger partial charge in [-0.15, -0.1) is 0 Å². The Labute approximate surface area is 194 Å². The summed E-state index contributed by atoms with van der Waals surface area (Å²) < 4.78 is 66.1. The van der Waals surface area contributed by atoms with Gasteiger partial charge < -0.3 is 10.2 Å². The predicted octanol–water partition coefficient (Wildman–Crippen LogP) is 4.30. The molecular formula is C22H20ClF3N2O4S. The number of anilines is 1. The molecule has 6 nitrogen and oxygen atoms in total. The number of rotatable bonds is 6. The Morgan fingerprint density at radius 3 is 2.58 bits per heavy atom. The molecule has 1 heterocycles. The summed E-state index contributed by atoms with van der Waals surface area (Å²) in [6.45, 7) is 1.46. The van der Waals surface area contributed by atoms with Crippen LogP contribution in [0.3, 0.4) is 0 Å². The first-order valence-electron chi connectivity index (χ1n) is 9.83. The largest absolute Gasteiger partial charge is 0.346 e. The van der Waals surface area contributed by atoms with Gasteiger partial charge in [0, 0.05) is 30.2 Å². The van der Waals surface area contributed by atoms with Crippen molar-refractivity contribution in [3.8, 4) is 0 Å². The van der Waals surface area contributed by atoms with E-state index in [1.165, 1.54) is 25.1 Å². The van der Waals surface area contributed by atoms with Gasteiger partial charge in [0.15, 0.2) is 9.84 Å². The maximum absolute atomic E-state index is 15.0. The van der Waals surface area contributed by atoms with Crippen LogP contribution in [0.4, 0.5) is 18.9 Å². The molecule has 0 aliphatic carbocycles. The van der Waals surface area contributed by atoms with Crippen LogP contribution in [0.15, 0.2) is 41.8 Å². The maximum atomic E-state index is 15.0. The normalized spacial score (nSPS) is 17.6. The molecule has 0 aromatic heterocycles. The molecule has 0 bridgehead atoms. The summed E-state index contributed by atoms with van der Waals surface area (Å²) in [7, 11) is -3.43. The molecule has 11 heteroatoms. The van der Waals surface area contributed by atoms with E-state index in [2.05, 4.69) is 5.32 Å². The highest BCUT2D eigenvalue weighted by Gasteiger charge is 2.37. The molecule has 1 fully saturated rings. The summed E-state index contributed by atoms with van der Waals surface area (Å²) in [5, 5.41) is 3.02. The van der Waals surface area contributed by atoms with E-state index in [1.54, 1.807) is 0 Å². The third kappa shape index (κ3) is 5.56. The number of amides is 2. The van der Waals surface area contributed by atoms with Crippen molar-refractivity contribution < 1.29 is 31.2 Å². The lowest BCUT2D eigenvalue weighted by atomic mass is 10.0. The van der Waals surface area contributed by atoms with Crippen LogP contribution in [0.2, 0.25) is 5.02 Å². The fourth-order valence-electron chi connectivity index (χ4n) is 3.55. The highest BCUT2D eigenvalue weighted by molar-refractivity contribution is 7.93. The SMILES string of the molecule is C[C@H](/C=C/S(C)(=O)=O)NC(=O)c1cc(F)c(N2C(=O)CC[C@H]2c2cccc(F)c2Cl)cc1F. The molecule has 176 valence electrons. The molecule has 1 aliphatic rings. The predicted molar refractivity (Wildman–Crippen MR) is 118 cm³/mol. The Morgan fingerprint density at radius 2 is 1.91 bits per heavy atom. The van der Waals surface area contributed by atoms with Crippen molar-refractivity contribution in [1.29, 1.82) is 0 Å².